The van der Waals surface area contributed by atoms with Crippen molar-refractivity contribution in [1.82, 2.24) is 0 Å². The van der Waals surface area contributed by atoms with Crippen molar-refractivity contribution in [3.63, 3.8) is 0 Å². The van der Waals surface area contributed by atoms with E-state index < -0.39 is 25.6 Å². The molecule has 0 amide bonds. The molecule has 0 unspecified atom stereocenters. The van der Waals surface area contributed by atoms with Gasteiger partial charge in [0, 0.05) is 8.95 Å². The predicted molar refractivity (Wildman–Crippen MR) is 233 cm³/mol. The Kier molecular flexibility index (Phi) is 44.0. The quantitative estimate of drug-likeness (QED) is 0.0987. The van der Waals surface area contributed by atoms with Gasteiger partial charge in [-0.1, -0.05) is 130 Å². The fourth-order valence-corrected chi connectivity index (χ4v) is 3.75. The highest BCUT2D eigenvalue weighted by atomic mass is 79.9. The van der Waals surface area contributed by atoms with Crippen LogP contribution < -0.4 is 0 Å². The third kappa shape index (κ3) is 34.0. The maximum absolute atomic E-state index is 11.4. The van der Waals surface area contributed by atoms with Crippen molar-refractivity contribution in [2.24, 2.45) is 0 Å². The molecule has 0 atom stereocenters. The molecule has 10 nitrogen and oxygen atoms in total. The van der Waals surface area contributed by atoms with Crippen molar-refractivity contribution >= 4 is 63.4 Å². The Morgan fingerprint density at radius 1 is 0.564 bits per heavy atom. The van der Waals surface area contributed by atoms with E-state index in [0.717, 1.165) is 17.3 Å². The Hall–Kier alpha value is -4.30. The van der Waals surface area contributed by atoms with Crippen LogP contribution in [0.5, 0.6) is 0 Å². The second-order valence-corrected chi connectivity index (χ2v) is 10.2. The van der Waals surface area contributed by atoms with Crippen molar-refractivity contribution in [3.8, 4) is 0 Å². The van der Waals surface area contributed by atoms with E-state index in [9.17, 15) is 19.2 Å². The van der Waals surface area contributed by atoms with Crippen molar-refractivity contribution in [1.29, 1.82) is 1.34 Å². The zero-order valence-corrected chi connectivity index (χ0v) is 36.8. The third-order valence-corrected chi connectivity index (χ3v) is 6.32. The highest BCUT2D eigenvalue weighted by Crippen LogP contribution is 2.17. The first-order chi connectivity index (χ1) is 27.7. The van der Waals surface area contributed by atoms with E-state index in [-0.39, 0.29) is 23.6 Å². The Morgan fingerprint density at radius 2 is 0.909 bits per heavy atom. The number of carboxylic acids is 2. The highest BCUT2D eigenvalue weighted by molar-refractivity contribution is 9.10. The van der Waals surface area contributed by atoms with Crippen molar-refractivity contribution in [2.45, 2.75) is 82.1 Å². The molecule has 0 aliphatic heterocycles. The zero-order chi connectivity index (χ0) is 46.1. The van der Waals surface area contributed by atoms with Gasteiger partial charge in [0.25, 0.3) is 0 Å². The predicted octanol–water partition coefficient (Wildman–Crippen LogP) is 11.1. The van der Waals surface area contributed by atoms with Gasteiger partial charge in [-0.25, -0.2) is 19.2 Å². The monoisotopic (exact) mass is 900 g/mol. The number of esters is 2. The number of hydrogen-bond donors (Lipinski definition) is 4. The second kappa shape index (κ2) is 45.9. The maximum atomic E-state index is 11.4. The van der Waals surface area contributed by atoms with E-state index >= 15 is 0 Å². The minimum Gasteiger partial charge on any atom is -0.478 e. The number of rotatable bonds is 8. The van der Waals surface area contributed by atoms with E-state index in [1.165, 1.54) is 12.1 Å². The number of hydrogen-bond acceptors (Lipinski definition) is 8. The Bertz CT molecular complexity index is 1530. The molecule has 55 heavy (non-hydrogen) atoms. The topological polar surface area (TPSA) is 168 Å². The van der Waals surface area contributed by atoms with Crippen LogP contribution >= 0.6 is 31.9 Å². The number of carbonyl (C=O) groups excluding carboxylic acids is 2. The molecule has 13 heteroatoms. The Labute approximate surface area is 350 Å². The number of carboxylic acid groups (broad SMARTS) is 2. The summed E-state index contributed by atoms with van der Waals surface area (Å²) in [6.07, 6.45) is 1.64. The average Bonchev–Trinajstić information content (AvgIpc) is 3.23. The van der Waals surface area contributed by atoms with Crippen LogP contribution in [0.25, 0.3) is 0 Å². The van der Waals surface area contributed by atoms with Gasteiger partial charge in [0.15, 0.2) is 0 Å². The van der Waals surface area contributed by atoms with Gasteiger partial charge < -0.3 is 29.7 Å². The lowest BCUT2D eigenvalue weighted by Gasteiger charge is -2.03. The number of ether oxygens (including phenoxy) is 2. The molecule has 0 aliphatic rings. The van der Waals surface area contributed by atoms with E-state index in [1.807, 2.05) is 87.4 Å². The molecule has 0 radical (unpaired) electrons. The van der Waals surface area contributed by atoms with Crippen LogP contribution in [-0.2, 0) is 9.47 Å². The number of aromatic carboxylic acids is 2. The molecule has 306 valence electrons. The molecule has 0 aliphatic carbocycles. The molecule has 0 bridgehead atoms. The molecular formula is C42H61BBr2O10. The average molecular weight is 903 g/mol. The second-order valence-electron chi connectivity index (χ2n) is 8.51. The van der Waals surface area contributed by atoms with Crippen LogP contribution in [0, 0.1) is 0 Å². The van der Waals surface area contributed by atoms with Crippen LogP contribution in [-0.4, -0.2) is 66.3 Å². The third-order valence-electron chi connectivity index (χ3n) is 4.94. The SMILES string of the molecule is CC.CC.CC.CC.CCCOC(=O)c1ccccc1Br.O=C(O)c1ccccc1Br.[3H]B(O)O.[3H]c1ccccc1C(=O)O.[3H]c1ccccc1C(=O)OCCC. The molecule has 0 saturated carbocycles. The van der Waals surface area contributed by atoms with Crippen LogP contribution in [0.1, 0.15) is 126 Å². The van der Waals surface area contributed by atoms with E-state index in [0.29, 0.717) is 34.4 Å². The molecule has 0 heterocycles. The molecule has 0 spiro atoms. The zero-order valence-electron chi connectivity index (χ0n) is 36.6. The van der Waals surface area contributed by atoms with Gasteiger partial charge in [-0.05, 0) is 93.2 Å². The summed E-state index contributed by atoms with van der Waals surface area (Å²) >= 11 is 6.40. The summed E-state index contributed by atoms with van der Waals surface area (Å²) < 4.78 is 31.5. The van der Waals surface area contributed by atoms with Gasteiger partial charge >= 0.3 is 31.5 Å². The van der Waals surface area contributed by atoms with Crippen molar-refractivity contribution in [3.05, 3.63) is 140 Å². The first-order valence-corrected chi connectivity index (χ1v) is 19.5. The van der Waals surface area contributed by atoms with E-state index in [1.54, 1.807) is 66.7 Å². The lowest BCUT2D eigenvalue weighted by Crippen LogP contribution is -2.06. The summed E-state index contributed by atoms with van der Waals surface area (Å²) in [6, 6.07) is 26.9. The van der Waals surface area contributed by atoms with Crippen LogP contribution in [0.3, 0.4) is 0 Å². The number of carbonyl (C=O) groups is 4. The fraction of sp³-hybridized carbons (Fsp3) is 0.333. The standard InChI is InChI=1S/C10H11BrO2.C10H12O2.C7H5BrO2.C7H6O2.4C2H6.BH3O2/c1-2-7-13-10(12)8-5-3-4-6-9(8)11;1-2-8-12-10(11)9-6-4-3-5-7-9;8-6-4-2-1-3-5(6)7(9)10;8-7(9)6-4-2-1-3-5-6;4*1-2;2-1-3/h3-6H,2,7H2,1H3;3-7H,2,8H2,1H3;1-4H,(H,9,10);1-5H,(H,8,9);4*1-2H3;1-3H/i;6T;;4T;;;;;1T. The van der Waals surface area contributed by atoms with Gasteiger partial charge in [0.05, 0.1) is 39.5 Å². The Balaban J connectivity index is -0.000000198. The smallest absolute Gasteiger partial charge is 0.432 e. The minimum absolute atomic E-state index is 0.0440. The summed E-state index contributed by atoms with van der Waals surface area (Å²) in [5.74, 6) is -2.64. The van der Waals surface area contributed by atoms with Gasteiger partial charge in [0.2, 0.25) is 0 Å². The molecule has 4 aromatic carbocycles. The molecule has 4 aromatic rings. The largest absolute Gasteiger partial charge is 0.478 e. The maximum Gasteiger partial charge on any atom is 0.432 e. The van der Waals surface area contributed by atoms with E-state index in [2.05, 4.69) is 31.9 Å². The number of benzene rings is 4. The molecule has 0 saturated heterocycles. The van der Waals surface area contributed by atoms with Crippen molar-refractivity contribution in [2.75, 3.05) is 13.2 Å². The van der Waals surface area contributed by atoms with Crippen LogP contribution in [0.4, 0.5) is 0 Å². The minimum atomic E-state index is -1.92. The summed E-state index contributed by atoms with van der Waals surface area (Å²) in [7, 11) is -1.92. The summed E-state index contributed by atoms with van der Waals surface area (Å²) in [5, 5.41) is 31.5. The fourth-order valence-electron chi connectivity index (χ4n) is 2.85. The summed E-state index contributed by atoms with van der Waals surface area (Å²) in [4.78, 5) is 43.3. The van der Waals surface area contributed by atoms with Crippen molar-refractivity contribution < 1.29 is 51.7 Å². The van der Waals surface area contributed by atoms with Gasteiger partial charge in [-0.2, -0.15) is 0 Å². The highest BCUT2D eigenvalue weighted by Gasteiger charge is 2.09. The molecule has 0 fully saturated rings. The lowest BCUT2D eigenvalue weighted by molar-refractivity contribution is 0.0495. The first-order valence-electron chi connectivity index (χ1n) is 19.4. The van der Waals surface area contributed by atoms with E-state index in [4.69, 9.17) is 33.8 Å². The normalized spacial score (nSPS) is 8.95. The molecule has 0 aromatic heterocycles. The summed E-state index contributed by atoms with van der Waals surface area (Å²) in [5.41, 5.74) is 1.25. The number of halogens is 2. The Morgan fingerprint density at radius 3 is 1.22 bits per heavy atom. The molecule has 4 N–H and O–H groups in total. The van der Waals surface area contributed by atoms with Gasteiger partial charge in [0.1, 0.15) is 0 Å². The molecular weight excluding hydrogens is 835 g/mol. The molecule has 4 rings (SSSR count). The first kappa shape index (κ1) is 52.8. The van der Waals surface area contributed by atoms with Gasteiger partial charge in [-0.3, -0.25) is 0 Å². The lowest BCUT2D eigenvalue weighted by atomic mass is 10.2. The van der Waals surface area contributed by atoms with Crippen LogP contribution in [0.2, 0.25) is 0 Å². The summed E-state index contributed by atoms with van der Waals surface area (Å²) in [6.45, 7) is 20.8. The van der Waals surface area contributed by atoms with Crippen LogP contribution in [0.15, 0.2) is 118 Å². The van der Waals surface area contributed by atoms with Gasteiger partial charge in [-0.15, -0.1) is 0 Å².